The number of hydrogen-bond donors (Lipinski definition) is 3. The lowest BCUT2D eigenvalue weighted by atomic mass is 10.0. The van der Waals surface area contributed by atoms with E-state index in [9.17, 15) is 14.4 Å². The van der Waals surface area contributed by atoms with Crippen molar-refractivity contribution in [2.45, 2.75) is 25.7 Å². The van der Waals surface area contributed by atoms with Crippen LogP contribution in [-0.4, -0.2) is 38.5 Å². The topological polar surface area (TPSA) is 129 Å². The van der Waals surface area contributed by atoms with E-state index in [0.717, 1.165) is 11.3 Å². The molecule has 1 aliphatic rings. The fourth-order valence-electron chi connectivity index (χ4n) is 3.27. The molecule has 0 aromatic heterocycles. The summed E-state index contributed by atoms with van der Waals surface area (Å²) in [6, 6.07) is 8.43. The summed E-state index contributed by atoms with van der Waals surface area (Å²) in [5.41, 5.74) is 7.64. The number of hydrogen-bond acceptors (Lipinski definition) is 6. The molecule has 1 aliphatic heterocycles. The molecule has 2 aromatic rings. The Labute approximate surface area is 179 Å². The number of rotatable bonds is 9. The smallest absolute Gasteiger partial charge is 0.250 e. The summed E-state index contributed by atoms with van der Waals surface area (Å²) in [5, 5.41) is 5.51. The van der Waals surface area contributed by atoms with E-state index < -0.39 is 5.91 Å². The Kier molecular flexibility index (Phi) is 6.96. The van der Waals surface area contributed by atoms with E-state index in [1.54, 1.807) is 6.07 Å². The van der Waals surface area contributed by atoms with Gasteiger partial charge in [0.05, 0.1) is 32.1 Å². The van der Waals surface area contributed by atoms with E-state index in [1.165, 1.54) is 26.4 Å². The van der Waals surface area contributed by atoms with Crippen LogP contribution in [0.3, 0.4) is 0 Å². The van der Waals surface area contributed by atoms with Crippen molar-refractivity contribution in [3.8, 4) is 17.2 Å². The van der Waals surface area contributed by atoms with Crippen molar-refractivity contribution >= 4 is 29.1 Å². The van der Waals surface area contributed by atoms with Gasteiger partial charge in [0, 0.05) is 24.6 Å². The number of carbonyl (C=O) groups excluding carboxylic acids is 3. The predicted molar refractivity (Wildman–Crippen MR) is 115 cm³/mol. The lowest BCUT2D eigenvalue weighted by Gasteiger charge is -2.17. The molecular weight excluding hydrogens is 402 g/mol. The van der Waals surface area contributed by atoms with Gasteiger partial charge in [-0.2, -0.15) is 0 Å². The van der Waals surface area contributed by atoms with Gasteiger partial charge in [-0.15, -0.1) is 0 Å². The summed E-state index contributed by atoms with van der Waals surface area (Å²) < 4.78 is 16.1. The number of nitrogens with two attached hydrogens (primary N) is 1. The molecule has 2 aromatic carbocycles. The van der Waals surface area contributed by atoms with Gasteiger partial charge < -0.3 is 30.6 Å². The maximum absolute atomic E-state index is 12.3. The van der Waals surface area contributed by atoms with Gasteiger partial charge >= 0.3 is 0 Å². The van der Waals surface area contributed by atoms with Crippen LogP contribution in [0.15, 0.2) is 30.3 Å². The van der Waals surface area contributed by atoms with Crippen molar-refractivity contribution in [2.75, 3.05) is 31.5 Å². The highest BCUT2D eigenvalue weighted by atomic mass is 16.5. The summed E-state index contributed by atoms with van der Waals surface area (Å²) in [7, 11) is 2.90. The number of benzene rings is 2. The monoisotopic (exact) mass is 427 g/mol. The first-order chi connectivity index (χ1) is 14.9. The van der Waals surface area contributed by atoms with Gasteiger partial charge in [-0.05, 0) is 42.7 Å². The lowest BCUT2D eigenvalue weighted by Crippen LogP contribution is -2.19. The SMILES string of the molecule is COc1cc(NC(=O)CCCOc2ccc3c(c2)CCC(=O)N3)c(C(N)=O)cc1OC. The average Bonchev–Trinajstić information content (AvgIpc) is 2.76. The van der Waals surface area contributed by atoms with Crippen molar-refractivity contribution in [3.05, 3.63) is 41.5 Å². The van der Waals surface area contributed by atoms with E-state index in [4.69, 9.17) is 19.9 Å². The van der Waals surface area contributed by atoms with Crippen LogP contribution in [0.1, 0.15) is 35.2 Å². The molecule has 9 heteroatoms. The molecule has 3 amide bonds. The maximum Gasteiger partial charge on any atom is 0.250 e. The molecule has 0 saturated heterocycles. The van der Waals surface area contributed by atoms with Crippen molar-refractivity contribution in [1.82, 2.24) is 0 Å². The van der Waals surface area contributed by atoms with Crippen molar-refractivity contribution < 1.29 is 28.6 Å². The highest BCUT2D eigenvalue weighted by Crippen LogP contribution is 2.33. The molecule has 0 spiro atoms. The molecule has 0 saturated carbocycles. The van der Waals surface area contributed by atoms with Gasteiger partial charge in [0.25, 0.3) is 5.91 Å². The average molecular weight is 427 g/mol. The third-order valence-corrected chi connectivity index (χ3v) is 4.85. The van der Waals surface area contributed by atoms with Crippen LogP contribution in [0.4, 0.5) is 11.4 Å². The van der Waals surface area contributed by atoms with Crippen molar-refractivity contribution in [1.29, 1.82) is 0 Å². The highest BCUT2D eigenvalue weighted by molar-refractivity contribution is 6.03. The number of carbonyl (C=O) groups is 3. The standard InChI is InChI=1S/C22H25N3O6/c1-29-18-11-15(22(23)28)17(12-19(18)30-2)25-20(26)4-3-9-31-14-6-7-16-13(10-14)5-8-21(27)24-16/h6-7,10-12H,3-5,8-9H2,1-2H3,(H2,23,28)(H,24,27)(H,25,26). The van der Waals surface area contributed by atoms with Gasteiger partial charge in [0.2, 0.25) is 11.8 Å². The van der Waals surface area contributed by atoms with Crippen LogP contribution in [0, 0.1) is 0 Å². The summed E-state index contributed by atoms with van der Waals surface area (Å²) >= 11 is 0. The number of primary amides is 1. The molecular formula is C22H25N3O6. The summed E-state index contributed by atoms with van der Waals surface area (Å²) in [6.07, 6.45) is 1.79. The van der Waals surface area contributed by atoms with Gasteiger partial charge in [-0.1, -0.05) is 0 Å². The van der Waals surface area contributed by atoms with E-state index in [0.29, 0.717) is 43.1 Å². The molecule has 164 valence electrons. The second-order valence-corrected chi connectivity index (χ2v) is 6.98. The quantitative estimate of drug-likeness (QED) is 0.527. The third-order valence-electron chi connectivity index (χ3n) is 4.85. The van der Waals surface area contributed by atoms with E-state index in [1.807, 2.05) is 12.1 Å². The largest absolute Gasteiger partial charge is 0.494 e. The van der Waals surface area contributed by atoms with Gasteiger partial charge in [-0.25, -0.2) is 0 Å². The number of amides is 3. The first-order valence-corrected chi connectivity index (χ1v) is 9.82. The van der Waals surface area contributed by atoms with E-state index in [2.05, 4.69) is 10.6 Å². The van der Waals surface area contributed by atoms with Crippen LogP contribution in [0.25, 0.3) is 0 Å². The second-order valence-electron chi connectivity index (χ2n) is 6.98. The molecule has 4 N–H and O–H groups in total. The minimum atomic E-state index is -0.691. The normalized spacial score (nSPS) is 12.4. The maximum atomic E-state index is 12.3. The molecule has 0 fully saturated rings. The molecule has 0 unspecified atom stereocenters. The zero-order chi connectivity index (χ0) is 22.4. The van der Waals surface area contributed by atoms with E-state index in [-0.39, 0.29) is 29.5 Å². The van der Waals surface area contributed by atoms with Crippen LogP contribution < -0.4 is 30.6 Å². The minimum absolute atomic E-state index is 0.0150. The molecule has 9 nitrogen and oxygen atoms in total. The Morgan fingerprint density at radius 1 is 1.10 bits per heavy atom. The first-order valence-electron chi connectivity index (χ1n) is 9.82. The van der Waals surface area contributed by atoms with Crippen LogP contribution in [-0.2, 0) is 16.0 Å². The first kappa shape index (κ1) is 21.9. The summed E-state index contributed by atoms with van der Waals surface area (Å²) in [5.74, 6) is 0.434. The zero-order valence-corrected chi connectivity index (χ0v) is 17.4. The second kappa shape index (κ2) is 9.84. The number of nitrogens with one attached hydrogen (secondary N) is 2. The predicted octanol–water partition coefficient (Wildman–Crippen LogP) is 2.49. The highest BCUT2D eigenvalue weighted by Gasteiger charge is 2.17. The summed E-state index contributed by atoms with van der Waals surface area (Å²) in [4.78, 5) is 35.5. The fraction of sp³-hybridized carbons (Fsp3) is 0.318. The van der Waals surface area contributed by atoms with Gasteiger partial charge in [0.1, 0.15) is 5.75 Å². The zero-order valence-electron chi connectivity index (χ0n) is 17.4. The molecule has 0 atom stereocenters. The molecule has 1 heterocycles. The Balaban J connectivity index is 1.54. The number of fused-ring (bicyclic) bond motifs is 1. The Morgan fingerprint density at radius 2 is 1.84 bits per heavy atom. The molecule has 0 bridgehead atoms. The van der Waals surface area contributed by atoms with Crippen LogP contribution >= 0.6 is 0 Å². The minimum Gasteiger partial charge on any atom is -0.494 e. The Hall–Kier alpha value is -3.75. The third kappa shape index (κ3) is 5.44. The van der Waals surface area contributed by atoms with Crippen molar-refractivity contribution in [2.24, 2.45) is 5.73 Å². The van der Waals surface area contributed by atoms with Crippen molar-refractivity contribution in [3.63, 3.8) is 0 Å². The number of aryl methyl sites for hydroxylation is 1. The van der Waals surface area contributed by atoms with Gasteiger partial charge in [0.15, 0.2) is 11.5 Å². The van der Waals surface area contributed by atoms with Gasteiger partial charge in [-0.3, -0.25) is 14.4 Å². The fourth-order valence-corrected chi connectivity index (χ4v) is 3.27. The molecule has 0 aliphatic carbocycles. The number of methoxy groups -OCH3 is 2. The Bertz CT molecular complexity index is 1000. The molecule has 3 rings (SSSR count). The van der Waals surface area contributed by atoms with E-state index >= 15 is 0 Å². The summed E-state index contributed by atoms with van der Waals surface area (Å²) in [6.45, 7) is 0.340. The molecule has 0 radical (unpaired) electrons. The van der Waals surface area contributed by atoms with Crippen LogP contribution in [0.5, 0.6) is 17.2 Å². The molecule has 31 heavy (non-hydrogen) atoms. The lowest BCUT2D eigenvalue weighted by molar-refractivity contribution is -0.117. The number of anilines is 2. The van der Waals surface area contributed by atoms with Crippen LogP contribution in [0.2, 0.25) is 0 Å². The Morgan fingerprint density at radius 3 is 2.55 bits per heavy atom. The number of ether oxygens (including phenoxy) is 3.